The molecule has 7 nitrogen and oxygen atoms in total. The molecule has 1 aromatic heterocycles. The molecule has 200 valence electrons. The molecule has 1 saturated carbocycles. The van der Waals surface area contributed by atoms with Gasteiger partial charge < -0.3 is 20.1 Å². The van der Waals surface area contributed by atoms with Crippen molar-refractivity contribution in [3.05, 3.63) is 57.6 Å². The highest BCUT2D eigenvalue weighted by Gasteiger charge is 2.25. The predicted octanol–water partition coefficient (Wildman–Crippen LogP) is 6.14. The maximum absolute atomic E-state index is 13.6. The first-order valence-electron chi connectivity index (χ1n) is 13.3. The van der Waals surface area contributed by atoms with Crippen LogP contribution < -0.4 is 15.5 Å². The average molecular weight is 507 g/mol. The average Bonchev–Trinajstić information content (AvgIpc) is 3.22. The van der Waals surface area contributed by atoms with E-state index in [0.717, 1.165) is 57.2 Å². The van der Waals surface area contributed by atoms with Gasteiger partial charge in [0.2, 0.25) is 6.41 Å². The summed E-state index contributed by atoms with van der Waals surface area (Å²) < 4.78 is 5.47. The summed E-state index contributed by atoms with van der Waals surface area (Å²) >= 11 is 0. The minimum atomic E-state index is -0.106. The van der Waals surface area contributed by atoms with E-state index in [1.807, 2.05) is 46.8 Å². The smallest absolute Gasteiger partial charge is 0.251 e. The van der Waals surface area contributed by atoms with Crippen LogP contribution in [0.2, 0.25) is 0 Å². The van der Waals surface area contributed by atoms with Gasteiger partial charge in [-0.2, -0.15) is 0 Å². The fraction of sp³-hybridized carbons (Fsp3) is 0.500. The quantitative estimate of drug-likeness (QED) is 0.298. The Bertz CT molecular complexity index is 1170. The van der Waals surface area contributed by atoms with Crippen molar-refractivity contribution in [1.29, 1.82) is 0 Å². The van der Waals surface area contributed by atoms with E-state index in [2.05, 4.69) is 40.6 Å². The van der Waals surface area contributed by atoms with E-state index >= 15 is 0 Å². The van der Waals surface area contributed by atoms with Crippen LogP contribution in [0.1, 0.15) is 87.2 Å². The Morgan fingerprint density at radius 1 is 1.14 bits per heavy atom. The molecule has 0 spiro atoms. The highest BCUT2D eigenvalue weighted by atomic mass is 16.5. The molecule has 2 N–H and O–H groups in total. The number of aryl methyl sites for hydroxylation is 2. The number of anilines is 1. The molecule has 0 radical (unpaired) electrons. The number of carbonyl (C=O) groups excluding carboxylic acids is 2. The fourth-order valence-corrected chi connectivity index (χ4v) is 5.32. The number of rotatable bonds is 10. The summed E-state index contributed by atoms with van der Waals surface area (Å²) in [4.78, 5) is 26.8. The standard InChI is InChI=1S/C30H42N4O3/c1-8-34(26-12-10-9-11-13-26)28-16-25(29-23(6)33-37-24(29)7)15-27(22(28)5)30(36)31-17-20(3)19(2)14-21(4)32-18-35/h14-16,18,26H,8-13,17H2,1-7H3,(H,31,36)(H,32,35)/b20-19+,21-14-. The first kappa shape index (κ1) is 28.2. The van der Waals surface area contributed by atoms with Gasteiger partial charge in [-0.25, -0.2) is 0 Å². The summed E-state index contributed by atoms with van der Waals surface area (Å²) in [5.41, 5.74) is 8.28. The van der Waals surface area contributed by atoms with E-state index < -0.39 is 0 Å². The number of aromatic nitrogens is 1. The van der Waals surface area contributed by atoms with Crippen LogP contribution >= 0.6 is 0 Å². The second-order valence-corrected chi connectivity index (χ2v) is 10.2. The number of allylic oxidation sites excluding steroid dienone is 3. The van der Waals surface area contributed by atoms with Gasteiger partial charge >= 0.3 is 0 Å². The Morgan fingerprint density at radius 3 is 2.43 bits per heavy atom. The van der Waals surface area contributed by atoms with Gasteiger partial charge in [0.25, 0.3) is 5.91 Å². The lowest BCUT2D eigenvalue weighted by atomic mass is 9.91. The van der Waals surface area contributed by atoms with Crippen LogP contribution in [-0.2, 0) is 4.79 Å². The summed E-state index contributed by atoms with van der Waals surface area (Å²) in [5.74, 6) is 0.644. The normalized spacial score (nSPS) is 15.3. The van der Waals surface area contributed by atoms with Crippen molar-refractivity contribution in [1.82, 2.24) is 15.8 Å². The zero-order valence-electron chi connectivity index (χ0n) is 23.5. The molecule has 1 fully saturated rings. The first-order valence-corrected chi connectivity index (χ1v) is 13.3. The van der Waals surface area contributed by atoms with Gasteiger partial charge in [0.15, 0.2) is 0 Å². The second kappa shape index (κ2) is 12.7. The molecule has 0 unspecified atom stereocenters. The van der Waals surface area contributed by atoms with Crippen molar-refractivity contribution in [3.8, 4) is 11.1 Å². The molecule has 0 aliphatic heterocycles. The number of amides is 2. The van der Waals surface area contributed by atoms with E-state index in [4.69, 9.17) is 4.52 Å². The Labute approximate surface area is 221 Å². The van der Waals surface area contributed by atoms with E-state index in [1.165, 1.54) is 32.1 Å². The van der Waals surface area contributed by atoms with Gasteiger partial charge in [-0.1, -0.05) is 30.0 Å². The minimum absolute atomic E-state index is 0.106. The van der Waals surface area contributed by atoms with Crippen LogP contribution in [0.5, 0.6) is 0 Å². The van der Waals surface area contributed by atoms with Crippen molar-refractivity contribution < 1.29 is 14.1 Å². The van der Waals surface area contributed by atoms with E-state index in [1.54, 1.807) is 0 Å². The molecule has 1 aliphatic rings. The highest BCUT2D eigenvalue weighted by Crippen LogP contribution is 2.37. The van der Waals surface area contributed by atoms with Crippen molar-refractivity contribution in [3.63, 3.8) is 0 Å². The Morgan fingerprint density at radius 2 is 1.84 bits per heavy atom. The largest absolute Gasteiger partial charge is 0.369 e. The highest BCUT2D eigenvalue weighted by molar-refractivity contribution is 5.99. The van der Waals surface area contributed by atoms with Crippen LogP contribution in [0.3, 0.4) is 0 Å². The maximum Gasteiger partial charge on any atom is 0.251 e. The number of nitrogens with one attached hydrogen (secondary N) is 2. The van der Waals surface area contributed by atoms with Gasteiger partial charge in [-0.05, 0) is 96.2 Å². The van der Waals surface area contributed by atoms with Crippen molar-refractivity contribution in [2.75, 3.05) is 18.0 Å². The third-order valence-corrected chi connectivity index (χ3v) is 7.52. The topological polar surface area (TPSA) is 87.5 Å². The Kier molecular flexibility index (Phi) is 9.73. The second-order valence-electron chi connectivity index (χ2n) is 10.2. The molecule has 0 saturated heterocycles. The van der Waals surface area contributed by atoms with Gasteiger partial charge in [-0.3, -0.25) is 9.59 Å². The minimum Gasteiger partial charge on any atom is -0.369 e. The lowest BCUT2D eigenvalue weighted by Crippen LogP contribution is -2.37. The van der Waals surface area contributed by atoms with Crippen molar-refractivity contribution in [2.24, 2.45) is 0 Å². The maximum atomic E-state index is 13.6. The number of hydrogen-bond donors (Lipinski definition) is 2. The van der Waals surface area contributed by atoms with E-state index in [9.17, 15) is 9.59 Å². The lowest BCUT2D eigenvalue weighted by Gasteiger charge is -2.37. The summed E-state index contributed by atoms with van der Waals surface area (Å²) in [6.07, 6.45) is 8.72. The van der Waals surface area contributed by atoms with Gasteiger partial charge in [0, 0.05) is 41.6 Å². The monoisotopic (exact) mass is 506 g/mol. The van der Waals surface area contributed by atoms with Gasteiger partial charge in [-0.15, -0.1) is 0 Å². The number of hydrogen-bond acceptors (Lipinski definition) is 5. The predicted molar refractivity (Wildman–Crippen MR) is 150 cm³/mol. The van der Waals surface area contributed by atoms with Gasteiger partial charge in [0.05, 0.1) is 5.69 Å². The molecule has 0 bridgehead atoms. The summed E-state index contributed by atoms with van der Waals surface area (Å²) in [5, 5.41) is 9.93. The Balaban J connectivity index is 2.00. The molecular formula is C30H42N4O3. The molecule has 3 rings (SSSR count). The zero-order valence-corrected chi connectivity index (χ0v) is 23.5. The third kappa shape index (κ3) is 6.70. The van der Waals surface area contributed by atoms with Crippen LogP contribution in [-0.4, -0.2) is 36.6 Å². The van der Waals surface area contributed by atoms with Crippen LogP contribution in [0, 0.1) is 20.8 Å². The van der Waals surface area contributed by atoms with Crippen LogP contribution in [0.25, 0.3) is 11.1 Å². The summed E-state index contributed by atoms with van der Waals surface area (Å²) in [6.45, 7) is 15.2. The zero-order chi connectivity index (χ0) is 27.1. The fourth-order valence-electron chi connectivity index (χ4n) is 5.32. The number of carbonyl (C=O) groups is 2. The molecule has 1 aliphatic carbocycles. The SMILES string of the molecule is CCN(c1cc(-c2c(C)noc2C)cc(C(=O)NC/C(C)=C(C)/C=C(/C)NC=O)c1C)C1CCCCC1. The summed E-state index contributed by atoms with van der Waals surface area (Å²) in [6, 6.07) is 4.66. The molecule has 37 heavy (non-hydrogen) atoms. The van der Waals surface area contributed by atoms with Crippen LogP contribution in [0.15, 0.2) is 39.6 Å². The number of benzene rings is 1. The molecule has 1 heterocycles. The molecule has 2 amide bonds. The first-order chi connectivity index (χ1) is 17.7. The van der Waals surface area contributed by atoms with Crippen LogP contribution in [0.4, 0.5) is 5.69 Å². The molecule has 2 aromatic rings. The van der Waals surface area contributed by atoms with Crippen molar-refractivity contribution in [2.45, 2.75) is 86.6 Å². The molecule has 1 aromatic carbocycles. The molecular weight excluding hydrogens is 464 g/mol. The Hall–Kier alpha value is -3.35. The molecule has 0 atom stereocenters. The molecule has 7 heteroatoms. The van der Waals surface area contributed by atoms with Gasteiger partial charge in [0.1, 0.15) is 5.76 Å². The number of nitrogens with zero attached hydrogens (tertiary/aromatic N) is 2. The van der Waals surface area contributed by atoms with E-state index in [-0.39, 0.29) is 5.91 Å². The lowest BCUT2D eigenvalue weighted by molar-refractivity contribution is -0.108. The van der Waals surface area contributed by atoms with Crippen molar-refractivity contribution >= 4 is 18.0 Å². The summed E-state index contributed by atoms with van der Waals surface area (Å²) in [7, 11) is 0. The van der Waals surface area contributed by atoms with E-state index in [0.29, 0.717) is 24.6 Å². The third-order valence-electron chi connectivity index (χ3n) is 7.52.